The highest BCUT2D eigenvalue weighted by atomic mass is 16.2. The number of rotatable bonds is 5. The van der Waals surface area contributed by atoms with E-state index in [1.807, 2.05) is 45.0 Å². The number of anilines is 1. The Morgan fingerprint density at radius 2 is 1.89 bits per heavy atom. The maximum atomic E-state index is 11.7. The lowest BCUT2D eigenvalue weighted by molar-refractivity contribution is -0.115. The predicted octanol–water partition coefficient (Wildman–Crippen LogP) is 1.90. The number of para-hydroxylation sites is 1. The van der Waals surface area contributed by atoms with Crippen molar-refractivity contribution in [3.63, 3.8) is 0 Å². The monoisotopic (exact) mass is 263 g/mol. The van der Waals surface area contributed by atoms with Gasteiger partial charge in [0.05, 0.1) is 6.54 Å². The number of benzene rings is 1. The van der Waals surface area contributed by atoms with Crippen molar-refractivity contribution in [2.24, 2.45) is 0 Å². The second-order valence-corrected chi connectivity index (χ2v) is 4.54. The van der Waals surface area contributed by atoms with Gasteiger partial charge in [-0.1, -0.05) is 25.1 Å². The summed E-state index contributed by atoms with van der Waals surface area (Å²) in [5.74, 6) is -0.236. The Labute approximate surface area is 113 Å². The van der Waals surface area contributed by atoms with Crippen LogP contribution in [0.3, 0.4) is 0 Å². The third-order valence-corrected chi connectivity index (χ3v) is 2.50. The van der Waals surface area contributed by atoms with E-state index in [4.69, 9.17) is 0 Å². The van der Waals surface area contributed by atoms with Gasteiger partial charge in [0.2, 0.25) is 5.91 Å². The van der Waals surface area contributed by atoms with Crippen molar-refractivity contribution in [3.05, 3.63) is 29.8 Å². The van der Waals surface area contributed by atoms with Gasteiger partial charge in [-0.15, -0.1) is 0 Å². The summed E-state index contributed by atoms with van der Waals surface area (Å²) >= 11 is 0. The third kappa shape index (κ3) is 5.42. The van der Waals surface area contributed by atoms with E-state index in [-0.39, 0.29) is 24.5 Å². The molecule has 0 fully saturated rings. The van der Waals surface area contributed by atoms with Crippen molar-refractivity contribution in [1.29, 1.82) is 0 Å². The van der Waals surface area contributed by atoms with Crippen LogP contribution in [0, 0.1) is 0 Å². The number of nitrogens with one attached hydrogen (secondary N) is 3. The lowest BCUT2D eigenvalue weighted by atomic mass is 10.1. The van der Waals surface area contributed by atoms with Gasteiger partial charge in [-0.25, -0.2) is 4.79 Å². The van der Waals surface area contributed by atoms with Gasteiger partial charge >= 0.3 is 6.03 Å². The lowest BCUT2D eigenvalue weighted by Gasteiger charge is -2.12. The summed E-state index contributed by atoms with van der Waals surface area (Å²) in [7, 11) is 0. The fourth-order valence-corrected chi connectivity index (χ4v) is 1.62. The largest absolute Gasteiger partial charge is 0.336 e. The van der Waals surface area contributed by atoms with Gasteiger partial charge in [-0.2, -0.15) is 0 Å². The SMILES string of the molecule is CCc1ccccc1NC(=O)CNC(=O)NC(C)C. The first kappa shape index (κ1) is 15.0. The second-order valence-electron chi connectivity index (χ2n) is 4.54. The van der Waals surface area contributed by atoms with E-state index in [1.54, 1.807) is 0 Å². The Hall–Kier alpha value is -2.04. The van der Waals surface area contributed by atoms with Crippen LogP contribution in [0.5, 0.6) is 0 Å². The highest BCUT2D eigenvalue weighted by Crippen LogP contribution is 2.14. The summed E-state index contributed by atoms with van der Waals surface area (Å²) in [5.41, 5.74) is 1.86. The van der Waals surface area contributed by atoms with Crippen molar-refractivity contribution >= 4 is 17.6 Å². The Kier molecular flexibility index (Phi) is 5.85. The van der Waals surface area contributed by atoms with Crippen molar-refractivity contribution in [1.82, 2.24) is 10.6 Å². The first-order valence-corrected chi connectivity index (χ1v) is 6.45. The van der Waals surface area contributed by atoms with Gasteiger partial charge in [-0.05, 0) is 31.9 Å². The molecule has 0 aliphatic carbocycles. The van der Waals surface area contributed by atoms with Crippen LogP contribution in [0.1, 0.15) is 26.3 Å². The fraction of sp³-hybridized carbons (Fsp3) is 0.429. The van der Waals surface area contributed by atoms with E-state index in [1.165, 1.54) is 0 Å². The molecule has 0 atom stereocenters. The number of carbonyl (C=O) groups excluding carboxylic acids is 2. The molecule has 0 bridgehead atoms. The molecule has 5 heteroatoms. The average molecular weight is 263 g/mol. The molecule has 1 rings (SSSR count). The van der Waals surface area contributed by atoms with E-state index in [9.17, 15) is 9.59 Å². The molecule has 0 saturated carbocycles. The molecule has 0 aliphatic rings. The molecule has 3 N–H and O–H groups in total. The molecule has 0 unspecified atom stereocenters. The van der Waals surface area contributed by atoms with Crippen LogP contribution in [0.4, 0.5) is 10.5 Å². The first-order chi connectivity index (χ1) is 9.02. The summed E-state index contributed by atoms with van der Waals surface area (Å²) in [6.45, 7) is 5.70. The molecule has 0 spiro atoms. The molecule has 0 heterocycles. The van der Waals surface area contributed by atoms with Crippen LogP contribution in [-0.4, -0.2) is 24.5 Å². The number of aryl methyl sites for hydroxylation is 1. The van der Waals surface area contributed by atoms with Gasteiger partial charge in [0, 0.05) is 11.7 Å². The molecule has 0 aromatic heterocycles. The van der Waals surface area contributed by atoms with E-state index >= 15 is 0 Å². The predicted molar refractivity (Wildman–Crippen MR) is 76.1 cm³/mol. The number of carbonyl (C=O) groups is 2. The van der Waals surface area contributed by atoms with Crippen LogP contribution < -0.4 is 16.0 Å². The average Bonchev–Trinajstić information content (AvgIpc) is 2.36. The summed E-state index contributed by atoms with van der Waals surface area (Å²) < 4.78 is 0. The molecule has 104 valence electrons. The van der Waals surface area contributed by atoms with Crippen molar-refractivity contribution in [2.45, 2.75) is 33.2 Å². The van der Waals surface area contributed by atoms with Crippen molar-refractivity contribution in [2.75, 3.05) is 11.9 Å². The smallest absolute Gasteiger partial charge is 0.315 e. The van der Waals surface area contributed by atoms with Crippen LogP contribution in [0.15, 0.2) is 24.3 Å². The zero-order chi connectivity index (χ0) is 14.3. The minimum atomic E-state index is -0.339. The summed E-state index contributed by atoms with van der Waals surface area (Å²) in [6, 6.07) is 7.33. The number of amides is 3. The quantitative estimate of drug-likeness (QED) is 0.759. The van der Waals surface area contributed by atoms with Crippen molar-refractivity contribution in [3.8, 4) is 0 Å². The molecular formula is C14H21N3O2. The topological polar surface area (TPSA) is 70.2 Å². The normalized spacial score (nSPS) is 10.1. The fourth-order valence-electron chi connectivity index (χ4n) is 1.62. The first-order valence-electron chi connectivity index (χ1n) is 6.45. The maximum absolute atomic E-state index is 11.7. The van der Waals surface area contributed by atoms with Crippen LogP contribution in [0.2, 0.25) is 0 Å². The summed E-state index contributed by atoms with van der Waals surface area (Å²) in [5, 5.41) is 7.95. The van der Waals surface area contributed by atoms with Gasteiger partial charge < -0.3 is 16.0 Å². The summed E-state index contributed by atoms with van der Waals surface area (Å²) in [6.07, 6.45) is 0.845. The van der Waals surface area contributed by atoms with Gasteiger partial charge in [-0.3, -0.25) is 4.79 Å². The molecule has 5 nitrogen and oxygen atoms in total. The molecule has 0 aliphatic heterocycles. The van der Waals surface area contributed by atoms with Crippen LogP contribution in [-0.2, 0) is 11.2 Å². The zero-order valence-corrected chi connectivity index (χ0v) is 11.6. The summed E-state index contributed by atoms with van der Waals surface area (Å²) in [4.78, 5) is 23.0. The van der Waals surface area contributed by atoms with E-state index < -0.39 is 0 Å². The van der Waals surface area contributed by atoms with E-state index in [0.29, 0.717) is 0 Å². The number of urea groups is 1. The molecule has 3 amide bonds. The van der Waals surface area contributed by atoms with Gasteiger partial charge in [0.1, 0.15) is 0 Å². The minimum Gasteiger partial charge on any atom is -0.336 e. The Morgan fingerprint density at radius 1 is 1.21 bits per heavy atom. The van der Waals surface area contributed by atoms with E-state index in [2.05, 4.69) is 16.0 Å². The molecule has 1 aromatic rings. The standard InChI is InChI=1S/C14H21N3O2/c1-4-11-7-5-6-8-12(11)17-13(18)9-15-14(19)16-10(2)3/h5-8,10H,4,9H2,1-3H3,(H,17,18)(H2,15,16,19). The maximum Gasteiger partial charge on any atom is 0.315 e. The number of hydrogen-bond acceptors (Lipinski definition) is 2. The van der Waals surface area contributed by atoms with E-state index in [0.717, 1.165) is 17.7 Å². The highest BCUT2D eigenvalue weighted by molar-refractivity contribution is 5.94. The molecule has 0 radical (unpaired) electrons. The van der Waals surface area contributed by atoms with Gasteiger partial charge in [0.25, 0.3) is 0 Å². The lowest BCUT2D eigenvalue weighted by Crippen LogP contribution is -2.42. The second kappa shape index (κ2) is 7.41. The Bertz CT molecular complexity index is 444. The molecule has 0 saturated heterocycles. The Morgan fingerprint density at radius 3 is 2.53 bits per heavy atom. The zero-order valence-electron chi connectivity index (χ0n) is 11.6. The molecule has 1 aromatic carbocycles. The third-order valence-electron chi connectivity index (χ3n) is 2.50. The van der Waals surface area contributed by atoms with Crippen molar-refractivity contribution < 1.29 is 9.59 Å². The van der Waals surface area contributed by atoms with Crippen LogP contribution in [0.25, 0.3) is 0 Å². The molecular weight excluding hydrogens is 242 g/mol. The highest BCUT2D eigenvalue weighted by Gasteiger charge is 2.08. The minimum absolute atomic E-state index is 0.0450. The molecule has 19 heavy (non-hydrogen) atoms. The van der Waals surface area contributed by atoms with Crippen LogP contribution >= 0.6 is 0 Å². The Balaban J connectivity index is 2.45. The number of hydrogen-bond donors (Lipinski definition) is 3. The van der Waals surface area contributed by atoms with Gasteiger partial charge in [0.15, 0.2) is 0 Å².